The van der Waals surface area contributed by atoms with Crippen molar-refractivity contribution in [3.63, 3.8) is 0 Å². The lowest BCUT2D eigenvalue weighted by Crippen LogP contribution is -2.26. The van der Waals surface area contributed by atoms with E-state index in [2.05, 4.69) is 121 Å². The SMILES string of the molecule is C1=Cc2cccnc2C2NC(c3cccc(-c4ccc5c(c4)-c4c(oc6ccccc46)-c4ccccc4S5)c3)=CC=C12. The molecule has 2 aliphatic heterocycles. The molecule has 0 bridgehead atoms. The van der Waals surface area contributed by atoms with E-state index in [0.29, 0.717) is 0 Å². The van der Waals surface area contributed by atoms with Gasteiger partial charge >= 0.3 is 0 Å². The molecular formula is C38H24N2OS. The summed E-state index contributed by atoms with van der Waals surface area (Å²) in [7, 11) is 0. The van der Waals surface area contributed by atoms with Crippen molar-refractivity contribution in [3.05, 3.63) is 150 Å². The molecule has 42 heavy (non-hydrogen) atoms. The molecule has 1 aliphatic carbocycles. The van der Waals surface area contributed by atoms with Crippen molar-refractivity contribution in [1.29, 1.82) is 0 Å². The third-order valence-electron chi connectivity index (χ3n) is 8.38. The molecule has 198 valence electrons. The van der Waals surface area contributed by atoms with Gasteiger partial charge in [0.2, 0.25) is 0 Å². The van der Waals surface area contributed by atoms with Gasteiger partial charge in [-0.3, -0.25) is 4.98 Å². The first kappa shape index (κ1) is 23.6. The van der Waals surface area contributed by atoms with Gasteiger partial charge in [-0.1, -0.05) is 96.7 Å². The van der Waals surface area contributed by atoms with Gasteiger partial charge < -0.3 is 9.73 Å². The fourth-order valence-corrected chi connectivity index (χ4v) is 7.40. The number of hydrogen-bond donors (Lipinski definition) is 1. The van der Waals surface area contributed by atoms with Gasteiger partial charge in [-0.05, 0) is 70.3 Å². The predicted octanol–water partition coefficient (Wildman–Crippen LogP) is 9.93. The van der Waals surface area contributed by atoms with E-state index in [4.69, 9.17) is 9.40 Å². The Bertz CT molecular complexity index is 2170. The van der Waals surface area contributed by atoms with Gasteiger partial charge in [0.05, 0.1) is 11.7 Å². The summed E-state index contributed by atoms with van der Waals surface area (Å²) in [6, 6.07) is 36.7. The first-order valence-corrected chi connectivity index (χ1v) is 15.0. The number of allylic oxidation sites excluding steroid dienone is 2. The Morgan fingerprint density at radius 2 is 1.55 bits per heavy atom. The van der Waals surface area contributed by atoms with Crippen molar-refractivity contribution in [2.24, 2.45) is 0 Å². The number of aromatic nitrogens is 1. The monoisotopic (exact) mass is 556 g/mol. The van der Waals surface area contributed by atoms with Crippen LogP contribution in [-0.4, -0.2) is 4.98 Å². The van der Waals surface area contributed by atoms with Crippen LogP contribution >= 0.6 is 11.8 Å². The van der Waals surface area contributed by atoms with E-state index < -0.39 is 0 Å². The molecule has 4 heterocycles. The summed E-state index contributed by atoms with van der Waals surface area (Å²) in [4.78, 5) is 7.15. The average Bonchev–Trinajstić information content (AvgIpc) is 3.38. The maximum Gasteiger partial charge on any atom is 0.144 e. The number of fused-ring (bicyclic) bond motifs is 10. The summed E-state index contributed by atoms with van der Waals surface area (Å²) >= 11 is 1.81. The number of dihydropyridines is 1. The number of rotatable bonds is 2. The van der Waals surface area contributed by atoms with E-state index >= 15 is 0 Å². The second-order valence-electron chi connectivity index (χ2n) is 10.8. The van der Waals surface area contributed by atoms with Crippen LogP contribution in [0.5, 0.6) is 0 Å². The van der Waals surface area contributed by atoms with Crippen LogP contribution in [0.15, 0.2) is 147 Å². The lowest BCUT2D eigenvalue weighted by Gasteiger charge is -2.29. The summed E-state index contributed by atoms with van der Waals surface area (Å²) in [5, 5.41) is 4.91. The lowest BCUT2D eigenvalue weighted by atomic mass is 9.89. The highest BCUT2D eigenvalue weighted by Gasteiger charge is 2.27. The maximum atomic E-state index is 6.52. The molecule has 2 aromatic heterocycles. The molecule has 0 radical (unpaired) electrons. The number of nitrogens with zero attached hydrogens (tertiary/aromatic N) is 1. The van der Waals surface area contributed by atoms with E-state index in [9.17, 15) is 0 Å². The van der Waals surface area contributed by atoms with Crippen molar-refractivity contribution in [2.75, 3.05) is 0 Å². The molecule has 4 aromatic carbocycles. The van der Waals surface area contributed by atoms with Gasteiger partial charge in [0, 0.05) is 43.8 Å². The summed E-state index contributed by atoms with van der Waals surface area (Å²) < 4.78 is 6.52. The third kappa shape index (κ3) is 3.65. The molecule has 3 nitrogen and oxygen atoms in total. The van der Waals surface area contributed by atoms with E-state index in [1.807, 2.05) is 30.1 Å². The summed E-state index contributed by atoms with van der Waals surface area (Å²) in [6.45, 7) is 0. The van der Waals surface area contributed by atoms with Gasteiger partial charge in [-0.25, -0.2) is 0 Å². The Kier molecular flexibility index (Phi) is 5.19. The van der Waals surface area contributed by atoms with Gasteiger partial charge in [0.1, 0.15) is 11.3 Å². The molecule has 1 atom stereocenters. The first-order valence-electron chi connectivity index (χ1n) is 14.2. The number of pyridine rings is 1. The number of hydrogen-bond acceptors (Lipinski definition) is 4. The fraction of sp³-hybridized carbons (Fsp3) is 0.0263. The molecule has 1 N–H and O–H groups in total. The van der Waals surface area contributed by atoms with Crippen LogP contribution in [0.2, 0.25) is 0 Å². The fourth-order valence-electron chi connectivity index (χ4n) is 6.34. The van der Waals surface area contributed by atoms with E-state index in [0.717, 1.165) is 39.2 Å². The van der Waals surface area contributed by atoms with Crippen LogP contribution in [0.25, 0.3) is 56.3 Å². The standard InChI is InChI=1S/C38H24N2OS/c1-3-12-32-28(10-1)35-30-22-26(17-19-34(30)42-33-13-4-2-11-29(33)38(35)41-32)25-7-5-8-27(21-25)31-18-16-24-15-14-23-9-6-20-39-36(23)37(24)40-31/h1-22,37,40H. The van der Waals surface area contributed by atoms with Gasteiger partial charge in [-0.2, -0.15) is 0 Å². The Morgan fingerprint density at radius 3 is 2.55 bits per heavy atom. The Balaban J connectivity index is 1.15. The molecular weight excluding hydrogens is 532 g/mol. The summed E-state index contributed by atoms with van der Waals surface area (Å²) in [5.74, 6) is 0.943. The van der Waals surface area contributed by atoms with E-state index in [1.165, 1.54) is 43.2 Å². The first-order chi connectivity index (χ1) is 20.8. The highest BCUT2D eigenvalue weighted by molar-refractivity contribution is 7.99. The van der Waals surface area contributed by atoms with Crippen LogP contribution in [0.1, 0.15) is 22.9 Å². The normalized spacial score (nSPS) is 16.1. The van der Waals surface area contributed by atoms with E-state index in [1.54, 1.807) is 0 Å². The zero-order chi connectivity index (χ0) is 27.6. The highest BCUT2D eigenvalue weighted by atomic mass is 32.2. The van der Waals surface area contributed by atoms with Crippen LogP contribution < -0.4 is 5.32 Å². The zero-order valence-corrected chi connectivity index (χ0v) is 23.4. The molecule has 6 aromatic rings. The minimum Gasteiger partial charge on any atom is -0.455 e. The number of benzene rings is 4. The van der Waals surface area contributed by atoms with Crippen molar-refractivity contribution in [1.82, 2.24) is 10.3 Å². The van der Waals surface area contributed by atoms with Crippen molar-refractivity contribution >= 4 is 34.5 Å². The number of furan rings is 1. The Hall–Kier alpha value is -5.06. The second kappa shape index (κ2) is 9.23. The minimum absolute atomic E-state index is 0.0498. The molecule has 9 rings (SSSR count). The van der Waals surface area contributed by atoms with Gasteiger partial charge in [-0.15, -0.1) is 0 Å². The number of para-hydroxylation sites is 1. The molecule has 0 spiro atoms. The van der Waals surface area contributed by atoms with Crippen molar-refractivity contribution in [2.45, 2.75) is 15.8 Å². The van der Waals surface area contributed by atoms with Crippen LogP contribution in [0.4, 0.5) is 0 Å². The van der Waals surface area contributed by atoms with Crippen molar-refractivity contribution in [3.8, 4) is 33.6 Å². The number of nitrogens with one attached hydrogen (secondary N) is 1. The van der Waals surface area contributed by atoms with Crippen LogP contribution in [-0.2, 0) is 0 Å². The summed E-state index contributed by atoms with van der Waals surface area (Å²) in [5.41, 5.74) is 12.5. The molecule has 4 heteroatoms. The highest BCUT2D eigenvalue weighted by Crippen LogP contribution is 2.52. The average molecular weight is 557 g/mol. The molecule has 1 unspecified atom stereocenters. The van der Waals surface area contributed by atoms with Crippen LogP contribution in [0.3, 0.4) is 0 Å². The lowest BCUT2D eigenvalue weighted by molar-refractivity contribution is 0.631. The largest absolute Gasteiger partial charge is 0.455 e. The molecule has 3 aliphatic rings. The van der Waals surface area contributed by atoms with Gasteiger partial charge in [0.15, 0.2) is 0 Å². The molecule has 0 saturated carbocycles. The Labute approximate surface area is 247 Å². The van der Waals surface area contributed by atoms with Gasteiger partial charge in [0.25, 0.3) is 0 Å². The predicted molar refractivity (Wildman–Crippen MR) is 172 cm³/mol. The topological polar surface area (TPSA) is 38.1 Å². The van der Waals surface area contributed by atoms with E-state index in [-0.39, 0.29) is 6.04 Å². The third-order valence-corrected chi connectivity index (χ3v) is 9.53. The molecule has 0 amide bonds. The minimum atomic E-state index is 0.0498. The Morgan fingerprint density at radius 1 is 0.690 bits per heavy atom. The second-order valence-corrected chi connectivity index (χ2v) is 11.9. The quantitative estimate of drug-likeness (QED) is 0.230. The molecule has 0 fully saturated rings. The van der Waals surface area contributed by atoms with Crippen molar-refractivity contribution < 1.29 is 4.42 Å². The molecule has 0 saturated heterocycles. The van der Waals surface area contributed by atoms with Crippen LogP contribution in [0, 0.1) is 0 Å². The smallest absolute Gasteiger partial charge is 0.144 e. The summed E-state index contributed by atoms with van der Waals surface area (Å²) in [6.07, 6.45) is 10.6. The zero-order valence-electron chi connectivity index (χ0n) is 22.5. The maximum absolute atomic E-state index is 6.52.